The van der Waals surface area contributed by atoms with Gasteiger partial charge in [-0.3, -0.25) is 4.79 Å². The lowest BCUT2D eigenvalue weighted by Gasteiger charge is -2.06. The van der Waals surface area contributed by atoms with Gasteiger partial charge in [-0.05, 0) is 65.9 Å². The number of hydrazone groups is 1. The fraction of sp³-hybridized carbons (Fsp3) is 0.176. The molecule has 0 saturated carbocycles. The molecule has 0 bridgehead atoms. The topological polar surface area (TPSA) is 59.9 Å². The van der Waals surface area contributed by atoms with Crippen molar-refractivity contribution in [2.45, 2.75) is 6.92 Å². The van der Waals surface area contributed by atoms with E-state index in [2.05, 4.69) is 33.1 Å². The molecule has 2 aromatic carbocycles. The average Bonchev–Trinajstić information content (AvgIpc) is 2.56. The minimum atomic E-state index is -0.325. The van der Waals surface area contributed by atoms with Gasteiger partial charge in [0.05, 0.1) is 12.8 Å². The number of halogens is 1. The van der Waals surface area contributed by atoms with Crippen molar-refractivity contribution in [1.29, 1.82) is 0 Å². The molecule has 0 aromatic heterocycles. The van der Waals surface area contributed by atoms with Crippen LogP contribution in [-0.4, -0.2) is 25.3 Å². The molecular weight excluding hydrogens is 407 g/mol. The summed E-state index contributed by atoms with van der Waals surface area (Å²) in [5.74, 6) is 1.04. The molecule has 0 spiro atoms. The maximum absolute atomic E-state index is 11.7. The van der Waals surface area contributed by atoms with Gasteiger partial charge in [0, 0.05) is 9.13 Å². The zero-order valence-electron chi connectivity index (χ0n) is 12.7. The second kappa shape index (κ2) is 9.14. The van der Waals surface area contributed by atoms with E-state index in [0.717, 1.165) is 14.9 Å². The Morgan fingerprint density at radius 3 is 2.65 bits per heavy atom. The Morgan fingerprint density at radius 2 is 1.91 bits per heavy atom. The molecule has 23 heavy (non-hydrogen) atoms. The summed E-state index contributed by atoms with van der Waals surface area (Å²) in [5, 5.41) is 3.93. The van der Waals surface area contributed by atoms with Gasteiger partial charge in [-0.2, -0.15) is 5.10 Å². The van der Waals surface area contributed by atoms with E-state index < -0.39 is 0 Å². The number of amides is 1. The Balaban J connectivity index is 1.83. The number of hydrogen-bond acceptors (Lipinski definition) is 4. The molecule has 2 rings (SSSR count). The summed E-state index contributed by atoms with van der Waals surface area (Å²) < 4.78 is 12.0. The number of nitrogens with one attached hydrogen (secondary N) is 1. The van der Waals surface area contributed by atoms with E-state index in [1.807, 2.05) is 55.5 Å². The van der Waals surface area contributed by atoms with Crippen molar-refractivity contribution in [3.63, 3.8) is 0 Å². The van der Waals surface area contributed by atoms with Gasteiger partial charge in [0.2, 0.25) is 0 Å². The molecule has 0 radical (unpaired) electrons. The molecule has 0 unspecified atom stereocenters. The first-order chi connectivity index (χ1) is 11.2. The molecule has 5 nitrogen and oxygen atoms in total. The lowest BCUT2D eigenvalue weighted by Crippen LogP contribution is -2.24. The number of carbonyl (C=O) groups excluding carboxylic acids is 1. The van der Waals surface area contributed by atoms with E-state index in [9.17, 15) is 4.79 Å². The average molecular weight is 424 g/mol. The van der Waals surface area contributed by atoms with Crippen LogP contribution in [0.4, 0.5) is 0 Å². The molecule has 120 valence electrons. The van der Waals surface area contributed by atoms with E-state index in [4.69, 9.17) is 9.47 Å². The van der Waals surface area contributed by atoms with Crippen LogP contribution in [0.2, 0.25) is 0 Å². The van der Waals surface area contributed by atoms with Crippen LogP contribution in [0.25, 0.3) is 0 Å². The number of hydrogen-bond donors (Lipinski definition) is 1. The normalized spacial score (nSPS) is 10.5. The number of ether oxygens (including phenoxy) is 2. The SMILES string of the molecule is CCOc1ccccc1C=NNC(=O)COc1ccc(I)cc1. The minimum Gasteiger partial charge on any atom is -0.493 e. The van der Waals surface area contributed by atoms with Gasteiger partial charge in [0.25, 0.3) is 5.91 Å². The van der Waals surface area contributed by atoms with Crippen LogP contribution >= 0.6 is 22.6 Å². The largest absolute Gasteiger partial charge is 0.493 e. The summed E-state index contributed by atoms with van der Waals surface area (Å²) >= 11 is 2.21. The van der Waals surface area contributed by atoms with Crippen LogP contribution in [0.15, 0.2) is 53.6 Å². The first-order valence-corrected chi connectivity index (χ1v) is 8.19. The highest BCUT2D eigenvalue weighted by atomic mass is 127. The Morgan fingerprint density at radius 1 is 1.17 bits per heavy atom. The maximum atomic E-state index is 11.7. The van der Waals surface area contributed by atoms with Gasteiger partial charge in [-0.1, -0.05) is 12.1 Å². The number of carbonyl (C=O) groups is 1. The molecule has 0 aliphatic rings. The van der Waals surface area contributed by atoms with Gasteiger partial charge in [-0.25, -0.2) is 5.43 Å². The van der Waals surface area contributed by atoms with Crippen molar-refractivity contribution in [3.05, 3.63) is 57.7 Å². The Hall–Kier alpha value is -2.09. The van der Waals surface area contributed by atoms with E-state index in [1.165, 1.54) is 0 Å². The van der Waals surface area contributed by atoms with Crippen molar-refractivity contribution in [2.75, 3.05) is 13.2 Å². The van der Waals surface area contributed by atoms with Crippen LogP contribution in [0, 0.1) is 3.57 Å². The Kier molecular flexibility index (Phi) is 6.86. The van der Waals surface area contributed by atoms with Crippen LogP contribution in [0.3, 0.4) is 0 Å². The molecular formula is C17H17IN2O3. The van der Waals surface area contributed by atoms with E-state index >= 15 is 0 Å². The summed E-state index contributed by atoms with van der Waals surface area (Å²) in [4.78, 5) is 11.7. The van der Waals surface area contributed by atoms with Gasteiger partial charge in [0.15, 0.2) is 6.61 Å². The highest BCUT2D eigenvalue weighted by Gasteiger charge is 2.02. The standard InChI is InChI=1S/C17H17IN2O3/c1-2-22-16-6-4-3-5-13(16)11-19-20-17(21)12-23-15-9-7-14(18)8-10-15/h3-11H,2,12H2,1H3,(H,20,21). The lowest BCUT2D eigenvalue weighted by atomic mass is 10.2. The molecule has 0 atom stereocenters. The van der Waals surface area contributed by atoms with E-state index in [-0.39, 0.29) is 12.5 Å². The highest BCUT2D eigenvalue weighted by Crippen LogP contribution is 2.15. The number of rotatable bonds is 7. The third-order valence-corrected chi connectivity index (χ3v) is 3.51. The highest BCUT2D eigenvalue weighted by molar-refractivity contribution is 14.1. The van der Waals surface area contributed by atoms with E-state index in [0.29, 0.717) is 12.4 Å². The van der Waals surface area contributed by atoms with Crippen molar-refractivity contribution in [3.8, 4) is 11.5 Å². The van der Waals surface area contributed by atoms with Crippen molar-refractivity contribution in [2.24, 2.45) is 5.10 Å². The van der Waals surface area contributed by atoms with Crippen LogP contribution in [0.1, 0.15) is 12.5 Å². The number of nitrogens with zero attached hydrogens (tertiary/aromatic N) is 1. The maximum Gasteiger partial charge on any atom is 0.277 e. The molecule has 0 saturated heterocycles. The summed E-state index contributed by atoms with van der Waals surface area (Å²) in [6, 6.07) is 14.9. The summed E-state index contributed by atoms with van der Waals surface area (Å²) in [6.07, 6.45) is 1.55. The monoisotopic (exact) mass is 424 g/mol. The fourth-order valence-electron chi connectivity index (χ4n) is 1.76. The van der Waals surface area contributed by atoms with Crippen molar-refractivity contribution < 1.29 is 14.3 Å². The first-order valence-electron chi connectivity index (χ1n) is 7.11. The molecule has 0 aliphatic carbocycles. The molecule has 0 fully saturated rings. The van der Waals surface area contributed by atoms with Crippen molar-refractivity contribution >= 4 is 34.7 Å². The lowest BCUT2D eigenvalue weighted by molar-refractivity contribution is -0.123. The van der Waals surface area contributed by atoms with E-state index in [1.54, 1.807) is 6.21 Å². The quantitative estimate of drug-likeness (QED) is 0.422. The molecule has 6 heteroatoms. The molecule has 1 amide bonds. The second-order valence-electron chi connectivity index (χ2n) is 4.51. The third kappa shape index (κ3) is 5.90. The zero-order chi connectivity index (χ0) is 16.5. The van der Waals surface area contributed by atoms with Gasteiger partial charge in [0.1, 0.15) is 11.5 Å². The summed E-state index contributed by atoms with van der Waals surface area (Å²) in [5.41, 5.74) is 3.23. The first kappa shape index (κ1) is 17.3. The minimum absolute atomic E-state index is 0.0922. The number of para-hydroxylation sites is 1. The van der Waals surface area contributed by atoms with Gasteiger partial charge in [-0.15, -0.1) is 0 Å². The zero-order valence-corrected chi connectivity index (χ0v) is 14.8. The van der Waals surface area contributed by atoms with Crippen LogP contribution in [-0.2, 0) is 4.79 Å². The number of benzene rings is 2. The predicted octanol–water partition coefficient (Wildman–Crippen LogP) is 3.22. The Labute approximate surface area is 148 Å². The predicted molar refractivity (Wildman–Crippen MR) is 98.0 cm³/mol. The van der Waals surface area contributed by atoms with Crippen LogP contribution < -0.4 is 14.9 Å². The Bertz CT molecular complexity index is 672. The fourth-order valence-corrected chi connectivity index (χ4v) is 2.12. The van der Waals surface area contributed by atoms with Gasteiger partial charge >= 0.3 is 0 Å². The molecule has 2 aromatic rings. The third-order valence-electron chi connectivity index (χ3n) is 2.80. The second-order valence-corrected chi connectivity index (χ2v) is 5.75. The smallest absolute Gasteiger partial charge is 0.277 e. The van der Waals surface area contributed by atoms with Gasteiger partial charge < -0.3 is 9.47 Å². The van der Waals surface area contributed by atoms with Crippen molar-refractivity contribution in [1.82, 2.24) is 5.43 Å². The molecule has 0 aliphatic heterocycles. The molecule has 1 N–H and O–H groups in total. The summed E-state index contributed by atoms with van der Waals surface area (Å²) in [6.45, 7) is 2.39. The molecule has 0 heterocycles. The van der Waals surface area contributed by atoms with Crippen LogP contribution in [0.5, 0.6) is 11.5 Å². The summed E-state index contributed by atoms with van der Waals surface area (Å²) in [7, 11) is 0.